The Hall–Kier alpha value is -2.50. The molecule has 0 aliphatic heterocycles. The molecular weight excluding hydrogens is 285 g/mol. The molecule has 0 saturated heterocycles. The molecule has 1 amide bonds. The van der Waals surface area contributed by atoms with Crippen molar-refractivity contribution in [2.24, 2.45) is 5.73 Å². The molecule has 0 bridgehead atoms. The maximum atomic E-state index is 12.8. The van der Waals surface area contributed by atoms with Crippen molar-refractivity contribution in [3.8, 4) is 0 Å². The molecule has 0 aromatic heterocycles. The molecule has 0 fully saturated rings. The topological polar surface area (TPSA) is 76.4 Å². The predicted molar refractivity (Wildman–Crippen MR) is 84.0 cm³/mol. The Kier molecular flexibility index (Phi) is 6.95. The van der Waals surface area contributed by atoms with Crippen LogP contribution in [0.25, 0.3) is 0 Å². The van der Waals surface area contributed by atoms with Gasteiger partial charge in [-0.15, -0.1) is 0 Å². The maximum Gasteiger partial charge on any atom is 0.411 e. The number of carbonyl (C=O) groups is 1. The van der Waals surface area contributed by atoms with Gasteiger partial charge >= 0.3 is 6.09 Å². The Morgan fingerprint density at radius 2 is 1.95 bits per heavy atom. The van der Waals surface area contributed by atoms with E-state index in [2.05, 4.69) is 10.6 Å². The Bertz CT molecular complexity index is 565. The summed E-state index contributed by atoms with van der Waals surface area (Å²) in [6.45, 7) is 6.13. The highest BCUT2D eigenvalue weighted by Crippen LogP contribution is 2.04. The summed E-state index contributed by atoms with van der Waals surface area (Å²) in [6, 6.07) is 6.25. The summed E-state index contributed by atoms with van der Waals surface area (Å²) in [5.74, 6) is -0.260. The molecule has 0 unspecified atom stereocenters. The molecule has 0 heterocycles. The smallest absolute Gasteiger partial charge is 0.411 e. The van der Waals surface area contributed by atoms with E-state index < -0.39 is 6.09 Å². The zero-order valence-corrected chi connectivity index (χ0v) is 13.1. The molecule has 0 atom stereocenters. The molecule has 0 saturated carbocycles. The van der Waals surface area contributed by atoms with E-state index in [1.54, 1.807) is 32.1 Å². The second kappa shape index (κ2) is 8.71. The Morgan fingerprint density at radius 3 is 2.55 bits per heavy atom. The minimum Gasteiger partial charge on any atom is -0.450 e. The molecule has 1 aromatic carbocycles. The average molecular weight is 307 g/mol. The lowest BCUT2D eigenvalue weighted by atomic mass is 10.2. The molecule has 1 aromatic rings. The summed E-state index contributed by atoms with van der Waals surface area (Å²) < 4.78 is 17.6. The largest absolute Gasteiger partial charge is 0.450 e. The Balaban J connectivity index is 2.58. The van der Waals surface area contributed by atoms with Crippen LogP contribution in [0.15, 0.2) is 47.4 Å². The zero-order valence-electron chi connectivity index (χ0n) is 13.1. The number of rotatable bonds is 6. The quantitative estimate of drug-likeness (QED) is 0.706. The van der Waals surface area contributed by atoms with Crippen LogP contribution >= 0.6 is 0 Å². The highest BCUT2D eigenvalue weighted by atomic mass is 19.1. The maximum absolute atomic E-state index is 12.8. The van der Waals surface area contributed by atoms with Crippen LogP contribution in [0.5, 0.6) is 0 Å². The summed E-state index contributed by atoms with van der Waals surface area (Å²) >= 11 is 0. The molecule has 5 nitrogen and oxygen atoms in total. The van der Waals surface area contributed by atoms with Crippen molar-refractivity contribution in [3.63, 3.8) is 0 Å². The van der Waals surface area contributed by atoms with E-state index in [-0.39, 0.29) is 5.82 Å². The van der Waals surface area contributed by atoms with Crippen molar-refractivity contribution in [1.29, 1.82) is 0 Å². The van der Waals surface area contributed by atoms with E-state index in [0.29, 0.717) is 24.5 Å². The van der Waals surface area contributed by atoms with Gasteiger partial charge in [-0.1, -0.05) is 12.1 Å². The van der Waals surface area contributed by atoms with Gasteiger partial charge in [0.1, 0.15) is 5.82 Å². The van der Waals surface area contributed by atoms with Gasteiger partial charge in [0.25, 0.3) is 0 Å². The van der Waals surface area contributed by atoms with Gasteiger partial charge in [0.15, 0.2) is 0 Å². The van der Waals surface area contributed by atoms with Gasteiger partial charge < -0.3 is 15.8 Å². The minimum atomic E-state index is -0.534. The molecule has 0 aliphatic rings. The fraction of sp³-hybridized carbons (Fsp3) is 0.312. The monoisotopic (exact) mass is 307 g/mol. The number of amides is 1. The van der Waals surface area contributed by atoms with Crippen molar-refractivity contribution >= 4 is 6.09 Å². The summed E-state index contributed by atoms with van der Waals surface area (Å²) in [4.78, 5) is 11.3. The number of benzene rings is 1. The third-order valence-corrected chi connectivity index (χ3v) is 2.85. The lowest BCUT2D eigenvalue weighted by Crippen LogP contribution is -2.25. The van der Waals surface area contributed by atoms with Crippen molar-refractivity contribution in [1.82, 2.24) is 10.6 Å². The van der Waals surface area contributed by atoms with E-state index in [1.807, 2.05) is 6.92 Å². The molecule has 6 heteroatoms. The Morgan fingerprint density at radius 1 is 1.32 bits per heavy atom. The van der Waals surface area contributed by atoms with Crippen LogP contribution in [-0.4, -0.2) is 12.7 Å². The van der Waals surface area contributed by atoms with Gasteiger partial charge in [-0.25, -0.2) is 9.18 Å². The Labute approximate surface area is 130 Å². The van der Waals surface area contributed by atoms with Crippen LogP contribution in [0.1, 0.15) is 26.3 Å². The van der Waals surface area contributed by atoms with Crippen molar-refractivity contribution < 1.29 is 13.9 Å². The SMILES string of the molecule is CCOC(=O)N/C(C)=C(N)/C=C(\C)NCc1ccc(F)cc1. The minimum absolute atomic E-state index is 0.260. The number of hydrogen-bond donors (Lipinski definition) is 3. The first-order valence-corrected chi connectivity index (χ1v) is 6.99. The number of nitrogens with one attached hydrogen (secondary N) is 2. The number of halogens is 1. The fourth-order valence-electron chi connectivity index (χ4n) is 1.63. The van der Waals surface area contributed by atoms with Gasteiger partial charge in [-0.05, 0) is 44.5 Å². The second-order valence-electron chi connectivity index (χ2n) is 4.73. The van der Waals surface area contributed by atoms with Gasteiger partial charge in [-0.3, -0.25) is 5.32 Å². The van der Waals surface area contributed by atoms with Crippen LogP contribution < -0.4 is 16.4 Å². The van der Waals surface area contributed by atoms with Crippen LogP contribution in [0.2, 0.25) is 0 Å². The number of carbonyl (C=O) groups excluding carboxylic acids is 1. The van der Waals surface area contributed by atoms with E-state index in [9.17, 15) is 9.18 Å². The third-order valence-electron chi connectivity index (χ3n) is 2.85. The lowest BCUT2D eigenvalue weighted by molar-refractivity contribution is 0.155. The summed E-state index contributed by atoms with van der Waals surface area (Å²) in [5.41, 5.74) is 8.62. The molecule has 22 heavy (non-hydrogen) atoms. The first kappa shape index (κ1) is 17.6. The molecule has 1 rings (SSSR count). The van der Waals surface area contributed by atoms with E-state index >= 15 is 0 Å². The predicted octanol–water partition coefficient (Wildman–Crippen LogP) is 2.76. The number of allylic oxidation sites excluding steroid dienone is 3. The first-order chi connectivity index (χ1) is 10.4. The van der Waals surface area contributed by atoms with E-state index in [1.165, 1.54) is 12.1 Å². The van der Waals surface area contributed by atoms with Crippen LogP contribution in [-0.2, 0) is 11.3 Å². The second-order valence-corrected chi connectivity index (χ2v) is 4.73. The van der Waals surface area contributed by atoms with Crippen LogP contribution in [0.4, 0.5) is 9.18 Å². The highest BCUT2D eigenvalue weighted by Gasteiger charge is 2.03. The van der Waals surface area contributed by atoms with E-state index in [4.69, 9.17) is 10.5 Å². The molecule has 0 aliphatic carbocycles. The van der Waals surface area contributed by atoms with Gasteiger partial charge in [0.2, 0.25) is 0 Å². The molecule has 120 valence electrons. The number of hydrogen-bond acceptors (Lipinski definition) is 4. The van der Waals surface area contributed by atoms with E-state index in [0.717, 1.165) is 11.3 Å². The molecule has 0 radical (unpaired) electrons. The van der Waals surface area contributed by atoms with Crippen LogP contribution in [0, 0.1) is 5.82 Å². The number of nitrogens with two attached hydrogens (primary N) is 1. The number of ether oxygens (including phenoxy) is 1. The van der Waals surface area contributed by atoms with Gasteiger partial charge in [0.05, 0.1) is 12.3 Å². The summed E-state index contributed by atoms with van der Waals surface area (Å²) in [7, 11) is 0. The fourth-order valence-corrected chi connectivity index (χ4v) is 1.63. The first-order valence-electron chi connectivity index (χ1n) is 6.99. The molecule has 0 spiro atoms. The third kappa shape index (κ3) is 6.30. The van der Waals surface area contributed by atoms with Crippen molar-refractivity contribution in [3.05, 3.63) is 58.8 Å². The van der Waals surface area contributed by atoms with Crippen molar-refractivity contribution in [2.75, 3.05) is 6.61 Å². The van der Waals surface area contributed by atoms with Crippen molar-refractivity contribution in [2.45, 2.75) is 27.3 Å². The molecule has 4 N–H and O–H groups in total. The molecular formula is C16H22FN3O2. The van der Waals surface area contributed by atoms with Gasteiger partial charge in [-0.2, -0.15) is 0 Å². The highest BCUT2D eigenvalue weighted by molar-refractivity contribution is 5.69. The zero-order chi connectivity index (χ0) is 16.5. The lowest BCUT2D eigenvalue weighted by Gasteiger charge is -2.10. The normalized spacial score (nSPS) is 12.5. The van der Waals surface area contributed by atoms with Crippen LogP contribution in [0.3, 0.4) is 0 Å². The average Bonchev–Trinajstić information content (AvgIpc) is 2.46. The summed E-state index contributed by atoms with van der Waals surface area (Å²) in [6.07, 6.45) is 1.18. The number of alkyl carbamates (subject to hydrolysis) is 1. The van der Waals surface area contributed by atoms with Gasteiger partial charge in [0, 0.05) is 17.9 Å². The summed E-state index contributed by atoms with van der Waals surface area (Å²) in [5, 5.41) is 5.71. The standard InChI is InChI=1S/C16H22FN3O2/c1-4-22-16(21)20-12(3)15(18)9-11(2)19-10-13-5-7-14(17)8-6-13/h5-9,19H,4,10,18H2,1-3H3,(H,20,21)/b11-9+,15-12-.